The number of amides is 1. The first-order valence-electron chi connectivity index (χ1n) is 8.55. The molecule has 1 aliphatic rings. The standard InChI is InChI=1S/C19H25N3O2/c1-14-17(15(2)24-20-14)12-19(23)21(3)13-16-8-4-5-9-18(16)22-10-6-7-11-22/h4-5,8-9H,6-7,10-13H2,1-3H3. The molecule has 2 heterocycles. The molecule has 1 aromatic carbocycles. The highest BCUT2D eigenvalue weighted by Crippen LogP contribution is 2.25. The second-order valence-electron chi connectivity index (χ2n) is 6.55. The van der Waals surface area contributed by atoms with Gasteiger partial charge in [-0.3, -0.25) is 4.79 Å². The van der Waals surface area contributed by atoms with Crippen LogP contribution in [-0.2, 0) is 17.8 Å². The van der Waals surface area contributed by atoms with Crippen LogP contribution in [0.15, 0.2) is 28.8 Å². The lowest BCUT2D eigenvalue weighted by Gasteiger charge is -2.24. The van der Waals surface area contributed by atoms with E-state index in [-0.39, 0.29) is 5.91 Å². The summed E-state index contributed by atoms with van der Waals surface area (Å²) in [6.45, 7) is 6.56. The van der Waals surface area contributed by atoms with E-state index in [2.05, 4.69) is 28.3 Å². The van der Waals surface area contributed by atoms with E-state index in [0.717, 1.165) is 30.1 Å². The van der Waals surface area contributed by atoms with Gasteiger partial charge in [0.05, 0.1) is 12.1 Å². The van der Waals surface area contributed by atoms with Crippen molar-refractivity contribution in [1.82, 2.24) is 10.1 Å². The minimum atomic E-state index is 0.0839. The number of carbonyl (C=O) groups excluding carboxylic acids is 1. The van der Waals surface area contributed by atoms with Crippen molar-refractivity contribution in [1.29, 1.82) is 0 Å². The summed E-state index contributed by atoms with van der Waals surface area (Å²) in [6, 6.07) is 8.39. The van der Waals surface area contributed by atoms with Crippen molar-refractivity contribution in [3.63, 3.8) is 0 Å². The number of hydrogen-bond donors (Lipinski definition) is 0. The first-order chi connectivity index (χ1) is 11.6. The van der Waals surface area contributed by atoms with E-state index in [0.29, 0.717) is 13.0 Å². The van der Waals surface area contributed by atoms with Crippen LogP contribution < -0.4 is 4.90 Å². The number of hydrogen-bond acceptors (Lipinski definition) is 4. The number of likely N-dealkylation sites (N-methyl/N-ethyl adjacent to an activating group) is 1. The van der Waals surface area contributed by atoms with Crippen LogP contribution >= 0.6 is 0 Å². The molecule has 3 rings (SSSR count). The molecule has 0 bridgehead atoms. The molecule has 24 heavy (non-hydrogen) atoms. The third-order valence-electron chi connectivity index (χ3n) is 4.78. The number of carbonyl (C=O) groups is 1. The lowest BCUT2D eigenvalue weighted by molar-refractivity contribution is -0.129. The van der Waals surface area contributed by atoms with Crippen LogP contribution in [-0.4, -0.2) is 36.1 Å². The quantitative estimate of drug-likeness (QED) is 0.847. The first-order valence-corrected chi connectivity index (χ1v) is 8.55. The minimum absolute atomic E-state index is 0.0839. The Morgan fingerprint density at radius 1 is 1.25 bits per heavy atom. The second-order valence-corrected chi connectivity index (χ2v) is 6.55. The Hall–Kier alpha value is -2.30. The Morgan fingerprint density at radius 2 is 1.96 bits per heavy atom. The van der Waals surface area contributed by atoms with Gasteiger partial charge in [-0.05, 0) is 38.3 Å². The Kier molecular flexibility index (Phi) is 4.88. The molecule has 1 aromatic heterocycles. The van der Waals surface area contributed by atoms with Gasteiger partial charge in [-0.25, -0.2) is 0 Å². The van der Waals surface area contributed by atoms with E-state index in [1.807, 2.05) is 27.0 Å². The number of para-hydroxylation sites is 1. The molecule has 5 heteroatoms. The van der Waals surface area contributed by atoms with Gasteiger partial charge in [-0.2, -0.15) is 0 Å². The highest BCUT2D eigenvalue weighted by molar-refractivity contribution is 5.79. The molecule has 0 atom stereocenters. The second kappa shape index (κ2) is 7.07. The van der Waals surface area contributed by atoms with Crippen LogP contribution in [0.2, 0.25) is 0 Å². The maximum absolute atomic E-state index is 12.6. The minimum Gasteiger partial charge on any atom is -0.371 e. The van der Waals surface area contributed by atoms with E-state index >= 15 is 0 Å². The van der Waals surface area contributed by atoms with Gasteiger partial charge in [0.15, 0.2) is 0 Å². The zero-order valence-electron chi connectivity index (χ0n) is 14.7. The van der Waals surface area contributed by atoms with Crippen molar-refractivity contribution in [2.45, 2.75) is 39.7 Å². The Labute approximate surface area is 143 Å². The molecule has 2 aromatic rings. The molecule has 0 aliphatic carbocycles. The molecule has 5 nitrogen and oxygen atoms in total. The van der Waals surface area contributed by atoms with Gasteiger partial charge in [0.25, 0.3) is 0 Å². The summed E-state index contributed by atoms with van der Waals surface area (Å²) < 4.78 is 5.15. The highest BCUT2D eigenvalue weighted by Gasteiger charge is 2.19. The summed E-state index contributed by atoms with van der Waals surface area (Å²) in [4.78, 5) is 16.8. The number of aromatic nitrogens is 1. The lowest BCUT2D eigenvalue weighted by Crippen LogP contribution is -2.29. The zero-order valence-corrected chi connectivity index (χ0v) is 14.7. The van der Waals surface area contributed by atoms with E-state index in [1.54, 1.807) is 4.90 Å². The highest BCUT2D eigenvalue weighted by atomic mass is 16.5. The third-order valence-corrected chi connectivity index (χ3v) is 4.78. The summed E-state index contributed by atoms with van der Waals surface area (Å²) >= 11 is 0. The fourth-order valence-electron chi connectivity index (χ4n) is 3.30. The molecule has 1 saturated heterocycles. The fourth-order valence-corrected chi connectivity index (χ4v) is 3.30. The van der Waals surface area contributed by atoms with Crippen LogP contribution in [0.3, 0.4) is 0 Å². The maximum Gasteiger partial charge on any atom is 0.227 e. The van der Waals surface area contributed by atoms with Crippen LogP contribution in [0.1, 0.15) is 35.4 Å². The summed E-state index contributed by atoms with van der Waals surface area (Å²) in [5.41, 5.74) is 4.16. The maximum atomic E-state index is 12.6. The predicted octanol–water partition coefficient (Wildman–Crippen LogP) is 3.09. The van der Waals surface area contributed by atoms with Crippen molar-refractivity contribution < 1.29 is 9.32 Å². The van der Waals surface area contributed by atoms with Crippen molar-refractivity contribution in [2.75, 3.05) is 25.0 Å². The van der Waals surface area contributed by atoms with Crippen LogP contribution in [0.25, 0.3) is 0 Å². The number of anilines is 1. The van der Waals surface area contributed by atoms with Gasteiger partial charge in [-0.1, -0.05) is 23.4 Å². The molecule has 0 saturated carbocycles. The fraction of sp³-hybridized carbons (Fsp3) is 0.474. The van der Waals surface area contributed by atoms with Crippen LogP contribution in [0.4, 0.5) is 5.69 Å². The summed E-state index contributed by atoms with van der Waals surface area (Å²) in [7, 11) is 1.86. The molecule has 1 amide bonds. The smallest absolute Gasteiger partial charge is 0.227 e. The Balaban J connectivity index is 1.70. The molecule has 0 unspecified atom stereocenters. The van der Waals surface area contributed by atoms with Gasteiger partial charge in [-0.15, -0.1) is 0 Å². The Morgan fingerprint density at radius 3 is 2.62 bits per heavy atom. The van der Waals surface area contributed by atoms with E-state index in [1.165, 1.54) is 24.1 Å². The summed E-state index contributed by atoms with van der Waals surface area (Å²) in [6.07, 6.45) is 2.83. The van der Waals surface area contributed by atoms with Gasteiger partial charge in [0, 0.05) is 37.9 Å². The van der Waals surface area contributed by atoms with Gasteiger partial charge in [0.1, 0.15) is 5.76 Å². The van der Waals surface area contributed by atoms with Crippen molar-refractivity contribution in [2.24, 2.45) is 0 Å². The predicted molar refractivity (Wildman–Crippen MR) is 94.0 cm³/mol. The molecular formula is C19H25N3O2. The molecule has 1 fully saturated rings. The van der Waals surface area contributed by atoms with Crippen molar-refractivity contribution in [3.05, 3.63) is 46.8 Å². The van der Waals surface area contributed by atoms with Crippen LogP contribution in [0.5, 0.6) is 0 Å². The van der Waals surface area contributed by atoms with Crippen molar-refractivity contribution in [3.8, 4) is 0 Å². The SMILES string of the molecule is Cc1noc(C)c1CC(=O)N(C)Cc1ccccc1N1CCCC1. The van der Waals surface area contributed by atoms with Gasteiger partial charge < -0.3 is 14.3 Å². The number of aryl methyl sites for hydroxylation is 2. The van der Waals surface area contributed by atoms with E-state index in [4.69, 9.17) is 4.52 Å². The van der Waals surface area contributed by atoms with Gasteiger partial charge in [0.2, 0.25) is 5.91 Å². The molecule has 1 aliphatic heterocycles. The summed E-state index contributed by atoms with van der Waals surface area (Å²) in [5.74, 6) is 0.812. The number of nitrogens with zero attached hydrogens (tertiary/aromatic N) is 3. The monoisotopic (exact) mass is 327 g/mol. The van der Waals surface area contributed by atoms with Crippen LogP contribution in [0, 0.1) is 13.8 Å². The third kappa shape index (κ3) is 3.45. The topological polar surface area (TPSA) is 49.6 Å². The average molecular weight is 327 g/mol. The molecule has 0 N–H and O–H groups in total. The van der Waals surface area contributed by atoms with Gasteiger partial charge >= 0.3 is 0 Å². The summed E-state index contributed by atoms with van der Waals surface area (Å²) in [5, 5.41) is 3.93. The first kappa shape index (κ1) is 16.6. The average Bonchev–Trinajstić information content (AvgIpc) is 3.21. The van der Waals surface area contributed by atoms with E-state index < -0.39 is 0 Å². The number of rotatable bonds is 5. The largest absolute Gasteiger partial charge is 0.371 e. The zero-order chi connectivity index (χ0) is 17.1. The Bertz CT molecular complexity index is 698. The number of benzene rings is 1. The van der Waals surface area contributed by atoms with Crippen molar-refractivity contribution >= 4 is 11.6 Å². The molecule has 128 valence electrons. The van der Waals surface area contributed by atoms with E-state index in [9.17, 15) is 4.79 Å². The molecule has 0 radical (unpaired) electrons. The molecule has 0 spiro atoms. The normalized spacial score (nSPS) is 14.2. The molecular weight excluding hydrogens is 302 g/mol. The lowest BCUT2D eigenvalue weighted by atomic mass is 10.1.